The highest BCUT2D eigenvalue weighted by Crippen LogP contribution is 2.31. The lowest BCUT2D eigenvalue weighted by Crippen LogP contribution is -2.30. The molecular weight excluding hydrogens is 216 g/mol. The lowest BCUT2D eigenvalue weighted by molar-refractivity contribution is 0.375. The van der Waals surface area contributed by atoms with Crippen LogP contribution in [0.5, 0.6) is 0 Å². The lowest BCUT2D eigenvalue weighted by Gasteiger charge is -2.22. The minimum Gasteiger partial charge on any atom is -0.364 e. The molecule has 0 saturated heterocycles. The van der Waals surface area contributed by atoms with Crippen molar-refractivity contribution in [1.29, 1.82) is 0 Å². The molecule has 0 amide bonds. The number of thioether (sulfide) groups is 1. The number of amidine groups is 1. The third-order valence-electron chi connectivity index (χ3n) is 2.33. The van der Waals surface area contributed by atoms with Crippen LogP contribution in [-0.4, -0.2) is 23.5 Å². The van der Waals surface area contributed by atoms with Crippen LogP contribution in [-0.2, 0) is 0 Å². The van der Waals surface area contributed by atoms with E-state index >= 15 is 0 Å². The molecule has 0 radical (unpaired) electrons. The molecule has 0 spiro atoms. The third-order valence-corrected chi connectivity index (χ3v) is 3.47. The molecule has 0 aromatic carbocycles. The van der Waals surface area contributed by atoms with Gasteiger partial charge in [0, 0.05) is 11.8 Å². The van der Waals surface area contributed by atoms with E-state index in [9.17, 15) is 0 Å². The summed E-state index contributed by atoms with van der Waals surface area (Å²) in [7, 11) is 0. The zero-order valence-corrected chi connectivity index (χ0v) is 12.4. The summed E-state index contributed by atoms with van der Waals surface area (Å²) in [5.74, 6) is 0. The van der Waals surface area contributed by atoms with Crippen LogP contribution >= 0.6 is 11.8 Å². The number of aliphatic imine (C=N–C) groups is 1. The first-order valence-electron chi connectivity index (χ1n) is 6.11. The molecule has 3 heteroatoms. The smallest absolute Gasteiger partial charge is 0.156 e. The van der Waals surface area contributed by atoms with Gasteiger partial charge in [-0.1, -0.05) is 53.3 Å². The van der Waals surface area contributed by atoms with Gasteiger partial charge < -0.3 is 5.32 Å². The summed E-state index contributed by atoms with van der Waals surface area (Å²) in [5.41, 5.74) is 0.734. The number of rotatable bonds is 2. The van der Waals surface area contributed by atoms with Gasteiger partial charge in [0.15, 0.2) is 5.17 Å². The largest absolute Gasteiger partial charge is 0.364 e. The second-order valence-corrected chi connectivity index (χ2v) is 8.35. The molecule has 1 aliphatic heterocycles. The van der Waals surface area contributed by atoms with Gasteiger partial charge in [-0.3, -0.25) is 4.99 Å². The molecular formula is C13H26N2S. The molecule has 1 heterocycles. The summed E-state index contributed by atoms with van der Waals surface area (Å²) >= 11 is 1.92. The van der Waals surface area contributed by atoms with Crippen LogP contribution in [0.1, 0.15) is 48.0 Å². The zero-order chi connectivity index (χ0) is 12.4. The minimum atomic E-state index is 0.325. The fourth-order valence-electron chi connectivity index (χ4n) is 1.64. The van der Waals surface area contributed by atoms with Gasteiger partial charge in [-0.15, -0.1) is 0 Å². The van der Waals surface area contributed by atoms with E-state index in [4.69, 9.17) is 0 Å². The van der Waals surface area contributed by atoms with E-state index in [0.29, 0.717) is 16.1 Å². The first-order valence-corrected chi connectivity index (χ1v) is 6.99. The Balaban J connectivity index is 2.29. The van der Waals surface area contributed by atoms with Crippen molar-refractivity contribution < 1.29 is 0 Å². The average molecular weight is 242 g/mol. The molecule has 0 fully saturated rings. The molecule has 0 aromatic heterocycles. The Kier molecular flexibility index (Phi) is 4.33. The van der Waals surface area contributed by atoms with Gasteiger partial charge in [0.25, 0.3) is 0 Å². The third kappa shape index (κ3) is 5.78. The normalized spacial score (nSPS) is 22.1. The predicted octanol–water partition coefficient (Wildman–Crippen LogP) is 3.53. The Bertz CT molecular complexity index is 258. The maximum Gasteiger partial charge on any atom is 0.156 e. The Labute approximate surface area is 105 Å². The molecule has 1 unspecified atom stereocenters. The summed E-state index contributed by atoms with van der Waals surface area (Å²) in [5, 5.41) is 5.26. The van der Waals surface area contributed by atoms with E-state index in [1.54, 1.807) is 0 Å². The van der Waals surface area contributed by atoms with Gasteiger partial charge in [0.2, 0.25) is 0 Å². The van der Waals surface area contributed by atoms with Gasteiger partial charge in [0.1, 0.15) is 0 Å². The Morgan fingerprint density at radius 3 is 2.31 bits per heavy atom. The Morgan fingerprint density at radius 1 is 1.19 bits per heavy atom. The molecule has 94 valence electrons. The molecule has 1 aliphatic rings. The average Bonchev–Trinajstić information content (AvgIpc) is 2.44. The first kappa shape index (κ1) is 13.9. The van der Waals surface area contributed by atoms with Crippen molar-refractivity contribution in [2.75, 3.05) is 13.1 Å². The molecule has 0 aliphatic carbocycles. The lowest BCUT2D eigenvalue weighted by atomic mass is 9.90. The van der Waals surface area contributed by atoms with Crippen LogP contribution in [0.3, 0.4) is 0 Å². The second kappa shape index (κ2) is 4.99. The van der Waals surface area contributed by atoms with Crippen LogP contribution < -0.4 is 5.32 Å². The first-order chi connectivity index (χ1) is 7.16. The van der Waals surface area contributed by atoms with E-state index in [0.717, 1.165) is 18.3 Å². The van der Waals surface area contributed by atoms with Crippen molar-refractivity contribution >= 4 is 16.9 Å². The molecule has 2 nitrogen and oxygen atoms in total. The molecule has 1 rings (SSSR count). The van der Waals surface area contributed by atoms with Crippen molar-refractivity contribution in [2.24, 2.45) is 15.8 Å². The van der Waals surface area contributed by atoms with E-state index < -0.39 is 0 Å². The van der Waals surface area contributed by atoms with Gasteiger partial charge in [-0.05, 0) is 17.3 Å². The van der Waals surface area contributed by atoms with Gasteiger partial charge in [-0.25, -0.2) is 0 Å². The molecule has 0 saturated carbocycles. The van der Waals surface area contributed by atoms with Crippen molar-refractivity contribution in [3.63, 3.8) is 0 Å². The van der Waals surface area contributed by atoms with Crippen molar-refractivity contribution in [3.05, 3.63) is 0 Å². The van der Waals surface area contributed by atoms with E-state index in [1.807, 2.05) is 11.8 Å². The van der Waals surface area contributed by atoms with Crippen molar-refractivity contribution in [2.45, 2.75) is 53.2 Å². The highest BCUT2D eigenvalue weighted by molar-refractivity contribution is 8.14. The topological polar surface area (TPSA) is 24.4 Å². The molecule has 0 bridgehead atoms. The maximum atomic E-state index is 4.57. The van der Waals surface area contributed by atoms with Crippen molar-refractivity contribution in [3.8, 4) is 0 Å². The number of hydrogen-bond donors (Lipinski definition) is 1. The molecule has 16 heavy (non-hydrogen) atoms. The summed E-state index contributed by atoms with van der Waals surface area (Å²) in [4.78, 5) is 4.57. The molecule has 0 aromatic rings. The molecule has 1 atom stereocenters. The monoisotopic (exact) mass is 242 g/mol. The quantitative estimate of drug-likeness (QED) is 0.801. The zero-order valence-electron chi connectivity index (χ0n) is 11.6. The van der Waals surface area contributed by atoms with E-state index in [2.05, 4.69) is 51.9 Å². The summed E-state index contributed by atoms with van der Waals surface area (Å²) in [6.07, 6.45) is 1.24. The summed E-state index contributed by atoms with van der Waals surface area (Å²) in [6, 6.07) is 0. The highest BCUT2D eigenvalue weighted by Gasteiger charge is 2.25. The van der Waals surface area contributed by atoms with Crippen LogP contribution in [0.25, 0.3) is 0 Å². The highest BCUT2D eigenvalue weighted by atomic mass is 32.2. The standard InChI is InChI=1S/C13H26N2S/c1-12(2,3)7-10-8-14-11(16-10)15-9-13(4,5)6/h10H,7-9H2,1-6H3,(H,14,15). The van der Waals surface area contributed by atoms with Crippen LogP contribution in [0.15, 0.2) is 4.99 Å². The fraction of sp³-hybridized carbons (Fsp3) is 0.923. The van der Waals surface area contributed by atoms with E-state index in [-0.39, 0.29) is 0 Å². The maximum absolute atomic E-state index is 4.57. The Hall–Kier alpha value is -0.180. The fourth-order valence-corrected chi connectivity index (χ4v) is 3.00. The van der Waals surface area contributed by atoms with Gasteiger partial charge in [0.05, 0.1) is 6.54 Å². The number of nitrogens with zero attached hydrogens (tertiary/aromatic N) is 1. The van der Waals surface area contributed by atoms with Crippen molar-refractivity contribution in [1.82, 2.24) is 5.32 Å². The number of nitrogens with one attached hydrogen (secondary N) is 1. The molecule has 1 N–H and O–H groups in total. The SMILES string of the molecule is CC(C)(C)CNC1=NCC(CC(C)(C)C)S1. The van der Waals surface area contributed by atoms with E-state index in [1.165, 1.54) is 6.42 Å². The second-order valence-electron chi connectivity index (χ2n) is 7.06. The van der Waals surface area contributed by atoms with Gasteiger partial charge >= 0.3 is 0 Å². The van der Waals surface area contributed by atoms with Gasteiger partial charge in [-0.2, -0.15) is 0 Å². The Morgan fingerprint density at radius 2 is 1.81 bits per heavy atom. The van der Waals surface area contributed by atoms with Crippen LogP contribution in [0.4, 0.5) is 0 Å². The minimum absolute atomic E-state index is 0.325. The number of hydrogen-bond acceptors (Lipinski definition) is 3. The summed E-state index contributed by atoms with van der Waals surface area (Å²) < 4.78 is 0. The van der Waals surface area contributed by atoms with Crippen LogP contribution in [0, 0.1) is 10.8 Å². The van der Waals surface area contributed by atoms with Crippen LogP contribution in [0.2, 0.25) is 0 Å². The predicted molar refractivity (Wildman–Crippen MR) is 75.2 cm³/mol. The summed E-state index contributed by atoms with van der Waals surface area (Å²) in [6.45, 7) is 15.6.